The number of fused-ring (bicyclic) bond motifs is 7. The number of rotatable bonds is 8. The number of thiophene rings is 2. The molecule has 2 heterocycles. The molecule has 314 valence electrons. The highest BCUT2D eigenvalue weighted by Crippen LogP contribution is 2.41. The Hall–Kier alpha value is -8.08. The van der Waals surface area contributed by atoms with E-state index in [0.717, 1.165) is 17.1 Å². The van der Waals surface area contributed by atoms with Gasteiger partial charge in [0.1, 0.15) is 0 Å². The van der Waals surface area contributed by atoms with E-state index in [1.54, 1.807) is 0 Å². The van der Waals surface area contributed by atoms with Gasteiger partial charge in [-0.25, -0.2) is 0 Å². The van der Waals surface area contributed by atoms with Gasteiger partial charge in [0.25, 0.3) is 0 Å². The van der Waals surface area contributed by atoms with Crippen LogP contribution in [-0.2, 0) is 0 Å². The zero-order chi connectivity index (χ0) is 44.3. The van der Waals surface area contributed by atoms with Gasteiger partial charge in [-0.2, -0.15) is 0 Å². The Morgan fingerprint density at radius 1 is 0.209 bits per heavy atom. The molecule has 0 fully saturated rings. The van der Waals surface area contributed by atoms with Crippen LogP contribution in [-0.4, -0.2) is 0 Å². The van der Waals surface area contributed by atoms with Gasteiger partial charge in [-0.3, -0.25) is 0 Å². The van der Waals surface area contributed by atoms with Gasteiger partial charge in [-0.15, -0.1) is 22.7 Å². The van der Waals surface area contributed by atoms with Crippen LogP contribution in [0.25, 0.3) is 107 Å². The molecule has 3 heteroatoms. The Bertz CT molecular complexity index is 3790. The maximum absolute atomic E-state index is 2.37. The lowest BCUT2D eigenvalue weighted by Gasteiger charge is -2.26. The molecule has 67 heavy (non-hydrogen) atoms. The summed E-state index contributed by atoms with van der Waals surface area (Å²) in [7, 11) is 0. The molecule has 0 amide bonds. The fraction of sp³-hybridized carbons (Fsp3) is 0. The molecule has 0 spiro atoms. The molecule has 0 atom stereocenters. The molecule has 0 N–H and O–H groups in total. The number of benzene rings is 11. The lowest BCUT2D eigenvalue weighted by atomic mass is 9.96. The van der Waals surface area contributed by atoms with Gasteiger partial charge in [0, 0.05) is 57.4 Å². The number of anilines is 3. The largest absolute Gasteiger partial charge is 0.311 e. The van der Waals surface area contributed by atoms with Gasteiger partial charge < -0.3 is 4.90 Å². The van der Waals surface area contributed by atoms with E-state index >= 15 is 0 Å². The standard InChI is InChI=1S/C64H41NS2/c1-2-9-48-39-51(21-20-42(48)8-1)50-11-7-10-49(38-50)45-18-16-43(17-19-45)44-22-30-54(31-23-44)65(55-32-24-46(25-33-55)52-28-36-63-59(40-52)57-12-3-5-14-61(57)66-63)56-34-26-47(27-35-56)53-29-37-64-60(41-53)58-13-4-6-15-62(58)67-64/h1-41H. The summed E-state index contributed by atoms with van der Waals surface area (Å²) in [6, 6.07) is 91.4. The van der Waals surface area contributed by atoms with E-state index < -0.39 is 0 Å². The molecular formula is C64H41NS2. The van der Waals surface area contributed by atoms with E-state index in [-0.39, 0.29) is 0 Å². The Morgan fingerprint density at radius 2 is 0.552 bits per heavy atom. The Balaban J connectivity index is 0.819. The summed E-state index contributed by atoms with van der Waals surface area (Å²) in [5.41, 5.74) is 15.4. The highest BCUT2D eigenvalue weighted by molar-refractivity contribution is 7.26. The molecule has 13 rings (SSSR count). The summed E-state index contributed by atoms with van der Waals surface area (Å²) in [6.45, 7) is 0. The normalized spacial score (nSPS) is 11.6. The fourth-order valence-corrected chi connectivity index (χ4v) is 11.9. The minimum atomic E-state index is 1.10. The molecule has 0 aliphatic carbocycles. The van der Waals surface area contributed by atoms with Crippen LogP contribution in [0, 0.1) is 0 Å². The first-order valence-electron chi connectivity index (χ1n) is 22.8. The van der Waals surface area contributed by atoms with Gasteiger partial charge >= 0.3 is 0 Å². The molecule has 13 aromatic rings. The Kier molecular flexibility index (Phi) is 9.63. The molecule has 2 aromatic heterocycles. The van der Waals surface area contributed by atoms with Crippen LogP contribution in [0.4, 0.5) is 17.1 Å². The van der Waals surface area contributed by atoms with E-state index in [1.165, 1.54) is 107 Å². The van der Waals surface area contributed by atoms with E-state index in [9.17, 15) is 0 Å². The average Bonchev–Trinajstić information content (AvgIpc) is 3.97. The van der Waals surface area contributed by atoms with Crippen molar-refractivity contribution in [1.82, 2.24) is 0 Å². The van der Waals surface area contributed by atoms with Crippen molar-refractivity contribution in [2.75, 3.05) is 4.90 Å². The molecule has 0 bridgehead atoms. The van der Waals surface area contributed by atoms with Crippen molar-refractivity contribution in [1.29, 1.82) is 0 Å². The van der Waals surface area contributed by atoms with E-state index in [1.807, 2.05) is 22.7 Å². The molecule has 0 aliphatic heterocycles. The summed E-state index contributed by atoms with van der Waals surface area (Å²) < 4.78 is 5.30. The van der Waals surface area contributed by atoms with E-state index in [2.05, 4.69) is 254 Å². The fourth-order valence-electron chi connectivity index (χ4n) is 9.77. The van der Waals surface area contributed by atoms with Gasteiger partial charge in [0.15, 0.2) is 0 Å². The number of nitrogens with zero attached hydrogens (tertiary/aromatic N) is 1. The van der Waals surface area contributed by atoms with Crippen molar-refractivity contribution in [3.8, 4) is 55.6 Å². The maximum atomic E-state index is 2.37. The SMILES string of the molecule is c1cc(-c2ccc(-c3ccc(N(c4ccc(-c5ccc6sc7ccccc7c6c5)cc4)c4ccc(-c5ccc6sc7ccccc7c6c5)cc4)cc3)cc2)cc(-c2ccc3ccccc3c2)c1. The van der Waals surface area contributed by atoms with Crippen molar-refractivity contribution in [2.45, 2.75) is 0 Å². The molecule has 11 aromatic carbocycles. The highest BCUT2D eigenvalue weighted by atomic mass is 32.1. The molecule has 1 nitrogen and oxygen atoms in total. The van der Waals surface area contributed by atoms with Crippen molar-refractivity contribution < 1.29 is 0 Å². The third kappa shape index (κ3) is 7.26. The Morgan fingerprint density at radius 3 is 1.06 bits per heavy atom. The molecule has 0 unspecified atom stereocenters. The minimum absolute atomic E-state index is 1.10. The Labute approximate surface area is 397 Å². The van der Waals surface area contributed by atoms with Crippen molar-refractivity contribution in [2.24, 2.45) is 0 Å². The number of hydrogen-bond donors (Lipinski definition) is 0. The topological polar surface area (TPSA) is 3.24 Å². The highest BCUT2D eigenvalue weighted by Gasteiger charge is 2.16. The smallest absolute Gasteiger partial charge is 0.0462 e. The second kappa shape index (κ2) is 16.4. The molecular weight excluding hydrogens is 847 g/mol. The minimum Gasteiger partial charge on any atom is -0.311 e. The zero-order valence-electron chi connectivity index (χ0n) is 36.4. The van der Waals surface area contributed by atoms with Crippen LogP contribution in [0.2, 0.25) is 0 Å². The number of hydrogen-bond acceptors (Lipinski definition) is 3. The summed E-state index contributed by atoms with van der Waals surface area (Å²) in [6.07, 6.45) is 0. The average molecular weight is 888 g/mol. The van der Waals surface area contributed by atoms with Crippen LogP contribution in [0.15, 0.2) is 249 Å². The molecule has 0 saturated heterocycles. The molecule has 0 saturated carbocycles. The predicted molar refractivity (Wildman–Crippen MR) is 292 cm³/mol. The lowest BCUT2D eigenvalue weighted by Crippen LogP contribution is -2.09. The second-order valence-electron chi connectivity index (χ2n) is 17.3. The van der Waals surface area contributed by atoms with Gasteiger partial charge in [0.05, 0.1) is 0 Å². The molecule has 0 aliphatic rings. The first-order chi connectivity index (χ1) is 33.1. The van der Waals surface area contributed by atoms with E-state index in [4.69, 9.17) is 0 Å². The van der Waals surface area contributed by atoms with Crippen LogP contribution < -0.4 is 4.90 Å². The van der Waals surface area contributed by atoms with Crippen molar-refractivity contribution in [3.63, 3.8) is 0 Å². The molecule has 0 radical (unpaired) electrons. The summed E-state index contributed by atoms with van der Waals surface area (Å²) >= 11 is 3.72. The monoisotopic (exact) mass is 887 g/mol. The van der Waals surface area contributed by atoms with Crippen molar-refractivity contribution >= 4 is 90.9 Å². The zero-order valence-corrected chi connectivity index (χ0v) is 38.1. The first-order valence-corrected chi connectivity index (χ1v) is 24.4. The predicted octanol–water partition coefficient (Wildman–Crippen LogP) is 19.4. The van der Waals surface area contributed by atoms with Gasteiger partial charge in [0.2, 0.25) is 0 Å². The van der Waals surface area contributed by atoms with Crippen molar-refractivity contribution in [3.05, 3.63) is 249 Å². The summed E-state index contributed by atoms with van der Waals surface area (Å²) in [5, 5.41) is 7.79. The van der Waals surface area contributed by atoms with Crippen LogP contribution >= 0.6 is 22.7 Å². The first kappa shape index (κ1) is 39.3. The summed E-state index contributed by atoms with van der Waals surface area (Å²) in [4.78, 5) is 2.37. The van der Waals surface area contributed by atoms with Gasteiger partial charge in [-0.1, -0.05) is 164 Å². The second-order valence-corrected chi connectivity index (χ2v) is 19.5. The quantitative estimate of drug-likeness (QED) is 0.147. The van der Waals surface area contributed by atoms with Crippen LogP contribution in [0.5, 0.6) is 0 Å². The van der Waals surface area contributed by atoms with Gasteiger partial charge in [-0.05, 0) is 151 Å². The van der Waals surface area contributed by atoms with Crippen LogP contribution in [0.1, 0.15) is 0 Å². The van der Waals surface area contributed by atoms with Crippen LogP contribution in [0.3, 0.4) is 0 Å². The summed E-state index contributed by atoms with van der Waals surface area (Å²) in [5.74, 6) is 0. The van der Waals surface area contributed by atoms with E-state index in [0.29, 0.717) is 0 Å². The maximum Gasteiger partial charge on any atom is 0.0462 e. The third-order valence-corrected chi connectivity index (χ3v) is 15.6. The lowest BCUT2D eigenvalue weighted by molar-refractivity contribution is 1.28. The third-order valence-electron chi connectivity index (χ3n) is 13.3.